The van der Waals surface area contributed by atoms with Crippen molar-refractivity contribution in [1.29, 1.82) is 0 Å². The lowest BCUT2D eigenvalue weighted by atomic mass is 9.97. The Balaban J connectivity index is 1.91. The van der Waals surface area contributed by atoms with Crippen molar-refractivity contribution in [3.63, 3.8) is 0 Å². The number of aryl methyl sites for hydroxylation is 2. The molecule has 1 N–H and O–H groups in total. The molecule has 2 aromatic rings. The Bertz CT molecular complexity index is 556. The van der Waals surface area contributed by atoms with Gasteiger partial charge < -0.3 is 5.32 Å². The third kappa shape index (κ3) is 2.62. The van der Waals surface area contributed by atoms with E-state index in [4.69, 9.17) is 4.98 Å². The van der Waals surface area contributed by atoms with Crippen LogP contribution in [0.1, 0.15) is 48.4 Å². The fraction of sp³-hybridized carbons (Fsp3) is 0.533. The second kappa shape index (κ2) is 5.73. The molecule has 2 nitrogen and oxygen atoms in total. The number of thiophene rings is 1. The highest BCUT2D eigenvalue weighted by Crippen LogP contribution is 2.39. The van der Waals surface area contributed by atoms with Gasteiger partial charge in [0.25, 0.3) is 0 Å². The van der Waals surface area contributed by atoms with Crippen LogP contribution in [0.3, 0.4) is 0 Å². The van der Waals surface area contributed by atoms with E-state index in [1.54, 1.807) is 0 Å². The molecule has 1 aliphatic rings. The molecule has 0 saturated heterocycles. The normalized spacial score (nSPS) is 18.5. The molecule has 4 heteroatoms. The van der Waals surface area contributed by atoms with Gasteiger partial charge >= 0.3 is 0 Å². The summed E-state index contributed by atoms with van der Waals surface area (Å²) >= 11 is 3.72. The Hall–Kier alpha value is -0.710. The van der Waals surface area contributed by atoms with E-state index in [2.05, 4.69) is 30.6 Å². The number of hydrogen-bond donors (Lipinski definition) is 1. The van der Waals surface area contributed by atoms with Gasteiger partial charge in [-0.25, -0.2) is 4.98 Å². The van der Waals surface area contributed by atoms with Crippen LogP contribution in [0, 0.1) is 6.92 Å². The minimum absolute atomic E-state index is 0.481. The van der Waals surface area contributed by atoms with Crippen LogP contribution in [0.5, 0.6) is 0 Å². The largest absolute Gasteiger partial charge is 0.309 e. The first-order chi connectivity index (χ1) is 9.29. The van der Waals surface area contributed by atoms with E-state index < -0.39 is 0 Å². The van der Waals surface area contributed by atoms with Gasteiger partial charge in [0.15, 0.2) is 0 Å². The second-order valence-electron chi connectivity index (χ2n) is 5.16. The first-order valence-corrected chi connectivity index (χ1v) is 8.76. The summed E-state index contributed by atoms with van der Waals surface area (Å²) in [6.07, 6.45) is 4.92. The Morgan fingerprint density at radius 1 is 1.47 bits per heavy atom. The van der Waals surface area contributed by atoms with Crippen LogP contribution >= 0.6 is 22.7 Å². The fourth-order valence-corrected chi connectivity index (χ4v) is 4.87. The van der Waals surface area contributed by atoms with E-state index in [0.717, 1.165) is 6.54 Å². The minimum atomic E-state index is 0.481. The molecular weight excluding hydrogens is 272 g/mol. The van der Waals surface area contributed by atoms with Gasteiger partial charge in [-0.15, -0.1) is 22.7 Å². The molecule has 1 unspecified atom stereocenters. The van der Waals surface area contributed by atoms with Gasteiger partial charge in [0.1, 0.15) is 5.01 Å². The standard InChI is InChI=1S/C15H20N2S2/c1-3-8-16-11-5-4-6-12-13(11)17-15(19-12)14-10(2)7-9-18-14/h7,9,11,16H,3-6,8H2,1-2H3. The number of nitrogens with one attached hydrogen (secondary N) is 1. The zero-order valence-corrected chi connectivity index (χ0v) is 13.2. The molecule has 0 fully saturated rings. The van der Waals surface area contributed by atoms with Crippen molar-refractivity contribution in [1.82, 2.24) is 10.3 Å². The molecule has 0 aliphatic heterocycles. The molecule has 0 spiro atoms. The Morgan fingerprint density at radius 2 is 2.37 bits per heavy atom. The lowest BCUT2D eigenvalue weighted by molar-refractivity contribution is 0.454. The van der Waals surface area contributed by atoms with Crippen molar-refractivity contribution in [2.75, 3.05) is 6.54 Å². The number of thiazole rings is 1. The highest BCUT2D eigenvalue weighted by molar-refractivity contribution is 7.21. The van der Waals surface area contributed by atoms with Crippen LogP contribution in [-0.2, 0) is 6.42 Å². The Labute approximate surface area is 122 Å². The van der Waals surface area contributed by atoms with Gasteiger partial charge in [-0.1, -0.05) is 6.92 Å². The number of aromatic nitrogens is 1. The average molecular weight is 292 g/mol. The molecule has 102 valence electrons. The highest BCUT2D eigenvalue weighted by atomic mass is 32.1. The fourth-order valence-electron chi connectivity index (χ4n) is 2.62. The third-order valence-corrected chi connectivity index (χ3v) is 5.95. The lowest BCUT2D eigenvalue weighted by Crippen LogP contribution is -2.25. The average Bonchev–Trinajstić information content (AvgIpc) is 3.01. The van der Waals surface area contributed by atoms with Gasteiger partial charge in [0.2, 0.25) is 0 Å². The smallest absolute Gasteiger partial charge is 0.134 e. The molecule has 0 aromatic carbocycles. The molecule has 0 radical (unpaired) electrons. The van der Waals surface area contributed by atoms with Gasteiger partial charge in [-0.05, 0) is 56.2 Å². The zero-order chi connectivity index (χ0) is 13.2. The summed E-state index contributed by atoms with van der Waals surface area (Å²) in [4.78, 5) is 7.81. The van der Waals surface area contributed by atoms with Crippen molar-refractivity contribution in [3.05, 3.63) is 27.6 Å². The molecule has 0 bridgehead atoms. The van der Waals surface area contributed by atoms with Gasteiger partial charge in [0, 0.05) is 4.88 Å². The summed E-state index contributed by atoms with van der Waals surface area (Å²) in [6, 6.07) is 2.67. The quantitative estimate of drug-likeness (QED) is 0.893. The van der Waals surface area contributed by atoms with E-state index in [9.17, 15) is 0 Å². The van der Waals surface area contributed by atoms with E-state index >= 15 is 0 Å². The summed E-state index contributed by atoms with van der Waals surface area (Å²) in [7, 11) is 0. The molecule has 1 atom stereocenters. The van der Waals surface area contributed by atoms with E-state index in [0.29, 0.717) is 6.04 Å². The van der Waals surface area contributed by atoms with E-state index in [-0.39, 0.29) is 0 Å². The molecule has 19 heavy (non-hydrogen) atoms. The summed E-state index contributed by atoms with van der Waals surface area (Å²) < 4.78 is 0. The zero-order valence-electron chi connectivity index (χ0n) is 11.5. The summed E-state index contributed by atoms with van der Waals surface area (Å²) in [5, 5.41) is 7.04. The van der Waals surface area contributed by atoms with Crippen molar-refractivity contribution in [2.24, 2.45) is 0 Å². The van der Waals surface area contributed by atoms with Gasteiger partial charge in [0.05, 0.1) is 16.6 Å². The van der Waals surface area contributed by atoms with Gasteiger partial charge in [-0.3, -0.25) is 0 Å². The third-order valence-electron chi connectivity index (χ3n) is 3.65. The lowest BCUT2D eigenvalue weighted by Gasteiger charge is -2.22. The van der Waals surface area contributed by atoms with Crippen LogP contribution in [0.15, 0.2) is 11.4 Å². The SMILES string of the molecule is CCCNC1CCCc2sc(-c3sccc3C)nc21. The molecule has 3 rings (SSSR count). The Kier molecular flexibility index (Phi) is 4.01. The number of fused-ring (bicyclic) bond motifs is 1. The first-order valence-electron chi connectivity index (χ1n) is 7.07. The minimum Gasteiger partial charge on any atom is -0.309 e. The first kappa shape index (κ1) is 13.3. The Morgan fingerprint density at radius 3 is 3.11 bits per heavy atom. The predicted molar refractivity (Wildman–Crippen MR) is 84.1 cm³/mol. The maximum Gasteiger partial charge on any atom is 0.134 e. The summed E-state index contributed by atoms with van der Waals surface area (Å²) in [5.74, 6) is 0. The van der Waals surface area contributed by atoms with Crippen molar-refractivity contribution < 1.29 is 0 Å². The van der Waals surface area contributed by atoms with Crippen LogP contribution in [0.4, 0.5) is 0 Å². The van der Waals surface area contributed by atoms with Crippen LogP contribution < -0.4 is 5.32 Å². The molecule has 2 aromatic heterocycles. The van der Waals surface area contributed by atoms with E-state index in [1.165, 1.54) is 51.7 Å². The molecule has 1 aliphatic carbocycles. The predicted octanol–water partition coefficient (Wildman–Crippen LogP) is 4.56. The van der Waals surface area contributed by atoms with E-state index in [1.807, 2.05) is 22.7 Å². The van der Waals surface area contributed by atoms with Crippen LogP contribution in [0.25, 0.3) is 9.88 Å². The summed E-state index contributed by atoms with van der Waals surface area (Å²) in [6.45, 7) is 5.49. The maximum atomic E-state index is 4.95. The summed E-state index contributed by atoms with van der Waals surface area (Å²) in [5.41, 5.74) is 2.68. The van der Waals surface area contributed by atoms with Crippen LogP contribution in [0.2, 0.25) is 0 Å². The molecule has 2 heterocycles. The van der Waals surface area contributed by atoms with Crippen LogP contribution in [-0.4, -0.2) is 11.5 Å². The number of hydrogen-bond acceptors (Lipinski definition) is 4. The van der Waals surface area contributed by atoms with Crippen molar-refractivity contribution in [2.45, 2.75) is 45.6 Å². The highest BCUT2D eigenvalue weighted by Gasteiger charge is 2.25. The topological polar surface area (TPSA) is 24.9 Å². The molecule has 0 saturated carbocycles. The maximum absolute atomic E-state index is 4.95. The second-order valence-corrected chi connectivity index (χ2v) is 7.16. The number of rotatable bonds is 4. The number of nitrogens with zero attached hydrogens (tertiary/aromatic N) is 1. The van der Waals surface area contributed by atoms with Crippen molar-refractivity contribution in [3.8, 4) is 9.88 Å². The monoisotopic (exact) mass is 292 g/mol. The van der Waals surface area contributed by atoms with Gasteiger partial charge in [-0.2, -0.15) is 0 Å². The van der Waals surface area contributed by atoms with Crippen molar-refractivity contribution >= 4 is 22.7 Å². The molecule has 0 amide bonds. The molecular formula is C15H20N2S2.